The molecule has 7 nitrogen and oxygen atoms in total. The summed E-state index contributed by atoms with van der Waals surface area (Å²) in [7, 11) is 0. The number of benzene rings is 2. The lowest BCUT2D eigenvalue weighted by molar-refractivity contribution is -0.137. The molecule has 4 saturated carbocycles. The minimum Gasteiger partial charge on any atom is -0.482 e. The van der Waals surface area contributed by atoms with Crippen molar-refractivity contribution in [3.8, 4) is 5.75 Å². The van der Waals surface area contributed by atoms with Crippen molar-refractivity contribution in [2.45, 2.75) is 69.4 Å². The molecule has 11 heteroatoms. The molecule has 7 rings (SSSR count). The van der Waals surface area contributed by atoms with Gasteiger partial charge in [0, 0.05) is 30.6 Å². The molecule has 3 unspecified atom stereocenters. The van der Waals surface area contributed by atoms with Gasteiger partial charge in [-0.3, -0.25) is 9.59 Å². The summed E-state index contributed by atoms with van der Waals surface area (Å²) in [5, 5.41) is 23.9. The fraction of sp³-hybridized carbons (Fsp3) is 0.529. The lowest BCUT2D eigenvalue weighted by Gasteiger charge is -2.58. The summed E-state index contributed by atoms with van der Waals surface area (Å²) in [6.07, 6.45) is 1.37. The van der Waals surface area contributed by atoms with Gasteiger partial charge in [0.2, 0.25) is 5.91 Å². The van der Waals surface area contributed by atoms with E-state index in [4.69, 9.17) is 4.74 Å². The Morgan fingerprint density at radius 2 is 1.62 bits per heavy atom. The maximum Gasteiger partial charge on any atom is 0.416 e. The number of hydrogen-bond acceptors (Lipinski definition) is 5. The van der Waals surface area contributed by atoms with E-state index in [0.29, 0.717) is 35.6 Å². The highest BCUT2D eigenvalue weighted by Crippen LogP contribution is 2.60. The molecule has 0 saturated heterocycles. The van der Waals surface area contributed by atoms with Crippen molar-refractivity contribution in [1.29, 1.82) is 0 Å². The quantitative estimate of drug-likeness (QED) is 0.292. The molecule has 3 N–H and O–H groups in total. The zero-order valence-electron chi connectivity index (χ0n) is 24.8. The lowest BCUT2D eigenvalue weighted by Crippen LogP contribution is -2.59. The maximum absolute atomic E-state index is 14.4. The number of halogens is 4. The molecule has 0 aromatic heterocycles. The van der Waals surface area contributed by atoms with Crippen molar-refractivity contribution in [3.63, 3.8) is 0 Å². The number of ether oxygens (including phenoxy) is 1. The van der Waals surface area contributed by atoms with Gasteiger partial charge in [-0.05, 0) is 127 Å². The fourth-order valence-corrected chi connectivity index (χ4v) is 9.13. The Hall–Kier alpha value is -2.64. The number of carbonyl (C=O) groups is 2. The summed E-state index contributed by atoms with van der Waals surface area (Å²) >= 11 is 2.12. The second-order valence-corrected chi connectivity index (χ2v) is 14.5. The summed E-state index contributed by atoms with van der Waals surface area (Å²) < 4.78 is 47.2. The molecule has 2 aromatic rings. The molecule has 0 spiro atoms. The van der Waals surface area contributed by atoms with Crippen molar-refractivity contribution in [3.05, 3.63) is 74.9 Å². The van der Waals surface area contributed by atoms with E-state index in [9.17, 15) is 33.0 Å². The van der Waals surface area contributed by atoms with Crippen LogP contribution in [-0.4, -0.2) is 64.9 Å². The molecule has 5 aliphatic carbocycles. The molecule has 2 aromatic carbocycles. The molecule has 45 heavy (non-hydrogen) atoms. The highest BCUT2D eigenvalue weighted by Gasteiger charge is 2.53. The fourth-order valence-electron chi connectivity index (χ4n) is 8.62. The predicted octanol–water partition coefficient (Wildman–Crippen LogP) is 5.58. The van der Waals surface area contributed by atoms with E-state index in [1.165, 1.54) is 31.4 Å². The third kappa shape index (κ3) is 6.90. The summed E-state index contributed by atoms with van der Waals surface area (Å²) in [6.45, 7) is 0.129. The van der Waals surface area contributed by atoms with Gasteiger partial charge in [-0.1, -0.05) is 12.1 Å². The van der Waals surface area contributed by atoms with Crippen LogP contribution in [0.3, 0.4) is 0 Å². The molecular formula is C34H38F3IN2O5. The first-order valence-electron chi connectivity index (χ1n) is 15.6. The van der Waals surface area contributed by atoms with Gasteiger partial charge in [0.1, 0.15) is 18.0 Å². The van der Waals surface area contributed by atoms with Crippen molar-refractivity contribution in [1.82, 2.24) is 10.2 Å². The third-order valence-electron chi connectivity index (χ3n) is 10.1. The molecule has 4 bridgehead atoms. The number of rotatable bonds is 9. The SMILES string of the molecule is O=C(NCCO)C1=CC(Oc2ccccc2I)C(O)C(N(CC23CC4CC(CC(C4)C2)C3)C(=O)c2ccc(C(F)(F)F)cc2)C1. The van der Waals surface area contributed by atoms with E-state index in [-0.39, 0.29) is 30.6 Å². The summed E-state index contributed by atoms with van der Waals surface area (Å²) in [5.74, 6) is 1.36. The molecule has 0 aliphatic heterocycles. The van der Waals surface area contributed by atoms with E-state index < -0.39 is 41.8 Å². The van der Waals surface area contributed by atoms with Crippen LogP contribution in [0.1, 0.15) is 60.9 Å². The molecule has 242 valence electrons. The molecule has 2 amide bonds. The Bertz CT molecular complexity index is 1410. The second-order valence-electron chi connectivity index (χ2n) is 13.4. The summed E-state index contributed by atoms with van der Waals surface area (Å²) in [6, 6.07) is 10.6. The standard InChI is InChI=1S/C34H38F3IN2O5/c35-34(36,37)25-7-5-23(6-8-25)32(44)40(19-33-16-20-11-21(17-33)13-22(12-20)18-33)27-14-24(31(43)39-9-10-41)15-29(30(27)42)45-28-4-2-1-3-26(28)38/h1-8,15,20-22,27,29-30,41-42H,9-14,16-19H2,(H,39,43). The Morgan fingerprint density at radius 1 is 1.00 bits per heavy atom. The zero-order chi connectivity index (χ0) is 31.9. The Morgan fingerprint density at radius 3 is 2.20 bits per heavy atom. The van der Waals surface area contributed by atoms with Crippen LogP contribution in [0.2, 0.25) is 0 Å². The van der Waals surface area contributed by atoms with Crippen LogP contribution >= 0.6 is 22.6 Å². The highest BCUT2D eigenvalue weighted by atomic mass is 127. The number of hydrogen-bond donors (Lipinski definition) is 3. The van der Waals surface area contributed by atoms with Crippen molar-refractivity contribution < 1.29 is 37.7 Å². The molecule has 0 radical (unpaired) electrons. The number of carbonyl (C=O) groups excluding carboxylic acids is 2. The number of alkyl halides is 3. The average Bonchev–Trinajstić information content (AvgIpc) is 2.99. The minimum atomic E-state index is -4.54. The summed E-state index contributed by atoms with van der Waals surface area (Å²) in [4.78, 5) is 29.2. The Labute approximate surface area is 274 Å². The van der Waals surface area contributed by atoms with Gasteiger partial charge in [0.15, 0.2) is 0 Å². The van der Waals surface area contributed by atoms with Crippen molar-refractivity contribution in [2.75, 3.05) is 19.7 Å². The molecular weight excluding hydrogens is 700 g/mol. The van der Waals surface area contributed by atoms with Gasteiger partial charge in [0.25, 0.3) is 5.91 Å². The summed E-state index contributed by atoms with van der Waals surface area (Å²) in [5.41, 5.74) is -0.593. The third-order valence-corrected chi connectivity index (χ3v) is 11.0. The van der Waals surface area contributed by atoms with Crippen LogP contribution in [-0.2, 0) is 11.0 Å². The molecule has 4 fully saturated rings. The largest absolute Gasteiger partial charge is 0.482 e. The number of aliphatic hydroxyl groups excluding tert-OH is 2. The van der Waals surface area contributed by atoms with Crippen LogP contribution < -0.4 is 10.1 Å². The highest BCUT2D eigenvalue weighted by molar-refractivity contribution is 14.1. The van der Waals surface area contributed by atoms with Gasteiger partial charge >= 0.3 is 6.18 Å². The van der Waals surface area contributed by atoms with E-state index in [0.717, 1.165) is 35.0 Å². The van der Waals surface area contributed by atoms with Crippen molar-refractivity contribution in [2.24, 2.45) is 23.2 Å². The average molecular weight is 739 g/mol. The number of amides is 2. The number of nitrogens with zero attached hydrogens (tertiary/aromatic N) is 1. The first-order chi connectivity index (χ1) is 21.4. The topological polar surface area (TPSA) is 99.1 Å². The Balaban J connectivity index is 1.37. The van der Waals surface area contributed by atoms with Crippen LogP contribution in [0, 0.1) is 26.7 Å². The van der Waals surface area contributed by atoms with E-state index in [1.54, 1.807) is 23.1 Å². The van der Waals surface area contributed by atoms with Crippen LogP contribution in [0.25, 0.3) is 0 Å². The van der Waals surface area contributed by atoms with Crippen LogP contribution in [0.5, 0.6) is 5.75 Å². The van der Waals surface area contributed by atoms with Crippen LogP contribution in [0.15, 0.2) is 60.2 Å². The number of para-hydroxylation sites is 1. The smallest absolute Gasteiger partial charge is 0.416 e. The van der Waals surface area contributed by atoms with E-state index >= 15 is 0 Å². The van der Waals surface area contributed by atoms with Gasteiger partial charge in [0.05, 0.1) is 21.8 Å². The first-order valence-corrected chi connectivity index (χ1v) is 16.7. The van der Waals surface area contributed by atoms with E-state index in [2.05, 4.69) is 27.9 Å². The van der Waals surface area contributed by atoms with Gasteiger partial charge in [-0.25, -0.2) is 0 Å². The number of aliphatic hydroxyl groups is 2. The molecule has 0 heterocycles. The van der Waals surface area contributed by atoms with Gasteiger partial charge in [-0.15, -0.1) is 0 Å². The normalized spacial score (nSPS) is 30.5. The van der Waals surface area contributed by atoms with Gasteiger partial charge < -0.3 is 25.2 Å². The Kier molecular flexibility index (Phi) is 9.24. The minimum absolute atomic E-state index is 0.0307. The van der Waals surface area contributed by atoms with Gasteiger partial charge in [-0.2, -0.15) is 13.2 Å². The predicted molar refractivity (Wildman–Crippen MR) is 169 cm³/mol. The monoisotopic (exact) mass is 738 g/mol. The lowest BCUT2D eigenvalue weighted by atomic mass is 9.49. The first kappa shape index (κ1) is 32.3. The molecule has 3 atom stereocenters. The zero-order valence-corrected chi connectivity index (χ0v) is 27.0. The maximum atomic E-state index is 14.4. The van der Waals surface area contributed by atoms with Crippen molar-refractivity contribution >= 4 is 34.4 Å². The molecule has 5 aliphatic rings. The number of nitrogens with one attached hydrogen (secondary N) is 1. The van der Waals surface area contributed by atoms with E-state index in [1.807, 2.05) is 12.1 Å². The van der Waals surface area contributed by atoms with Crippen LogP contribution in [0.4, 0.5) is 13.2 Å². The second kappa shape index (κ2) is 12.9.